The zero-order chi connectivity index (χ0) is 17.4. The molecule has 0 saturated carbocycles. The van der Waals surface area contributed by atoms with Crippen molar-refractivity contribution in [1.82, 2.24) is 9.72 Å². The Kier molecular flexibility index (Phi) is 4.15. The number of pyridine rings is 1. The molecule has 2 aromatic heterocycles. The van der Waals surface area contributed by atoms with Gasteiger partial charge in [0.2, 0.25) is 0 Å². The van der Waals surface area contributed by atoms with Gasteiger partial charge in [-0.2, -0.15) is 0 Å². The van der Waals surface area contributed by atoms with Crippen LogP contribution in [0.15, 0.2) is 39.8 Å². The van der Waals surface area contributed by atoms with Crippen LogP contribution in [0, 0.1) is 19.7 Å². The van der Waals surface area contributed by atoms with Crippen LogP contribution in [0.25, 0.3) is 11.1 Å². The molecule has 124 valence electrons. The largest absolute Gasteiger partial charge is 0.394 e. The summed E-state index contributed by atoms with van der Waals surface area (Å²) in [4.78, 5) is 12.3. The van der Waals surface area contributed by atoms with Crippen molar-refractivity contribution in [3.05, 3.63) is 68.7 Å². The fourth-order valence-corrected chi connectivity index (χ4v) is 2.87. The molecule has 0 atom stereocenters. The molecule has 7 heteroatoms. The van der Waals surface area contributed by atoms with Gasteiger partial charge in [-0.25, -0.2) is 4.39 Å². The second kappa shape index (κ2) is 6.13. The first kappa shape index (κ1) is 16.3. The Labute approximate surface area is 142 Å². The van der Waals surface area contributed by atoms with Crippen LogP contribution in [0.1, 0.15) is 17.0 Å². The number of hydrogen-bond acceptors (Lipinski definition) is 4. The van der Waals surface area contributed by atoms with Crippen LogP contribution < -0.4 is 11.3 Å². The number of aryl methyl sites for hydroxylation is 2. The fourth-order valence-electron chi connectivity index (χ4n) is 2.64. The first-order valence-electron chi connectivity index (χ1n) is 7.24. The van der Waals surface area contributed by atoms with E-state index in [9.17, 15) is 9.18 Å². The summed E-state index contributed by atoms with van der Waals surface area (Å²) in [6.07, 6.45) is 1.67. The lowest BCUT2D eigenvalue weighted by molar-refractivity contribution is 0.393. The van der Waals surface area contributed by atoms with Crippen LogP contribution in [-0.2, 0) is 6.54 Å². The monoisotopic (exact) mass is 347 g/mol. The zero-order valence-corrected chi connectivity index (χ0v) is 13.9. The smallest absolute Gasteiger partial charge is 0.274 e. The maximum atomic E-state index is 13.2. The van der Waals surface area contributed by atoms with E-state index in [2.05, 4.69) is 5.16 Å². The molecule has 24 heavy (non-hydrogen) atoms. The molecule has 0 aliphatic carbocycles. The average molecular weight is 348 g/mol. The number of halogens is 2. The van der Waals surface area contributed by atoms with Crippen molar-refractivity contribution < 1.29 is 8.91 Å². The molecule has 0 aliphatic rings. The Bertz CT molecular complexity index is 959. The molecule has 0 amide bonds. The van der Waals surface area contributed by atoms with Crippen LogP contribution in [-0.4, -0.2) is 9.72 Å². The van der Waals surface area contributed by atoms with Crippen molar-refractivity contribution in [2.24, 2.45) is 0 Å². The van der Waals surface area contributed by atoms with E-state index in [4.69, 9.17) is 21.9 Å². The minimum atomic E-state index is -0.430. The van der Waals surface area contributed by atoms with Gasteiger partial charge < -0.3 is 14.8 Å². The minimum Gasteiger partial charge on any atom is -0.394 e. The molecule has 3 rings (SSSR count). The molecule has 0 aliphatic heterocycles. The first-order chi connectivity index (χ1) is 11.4. The fraction of sp³-hybridized carbons (Fsp3) is 0.176. The van der Waals surface area contributed by atoms with Gasteiger partial charge in [-0.15, -0.1) is 0 Å². The van der Waals surface area contributed by atoms with Crippen LogP contribution in [0.4, 0.5) is 10.1 Å². The summed E-state index contributed by atoms with van der Waals surface area (Å²) in [5.41, 5.74) is 8.47. The second-order valence-corrected chi connectivity index (χ2v) is 5.96. The summed E-state index contributed by atoms with van der Waals surface area (Å²) < 4.78 is 19.8. The molecule has 0 saturated heterocycles. The Morgan fingerprint density at radius 1 is 1.33 bits per heavy atom. The molecule has 0 unspecified atom stereocenters. The number of aromatic nitrogens is 2. The Hall–Kier alpha value is -2.60. The molecule has 0 fully saturated rings. The van der Waals surface area contributed by atoms with Gasteiger partial charge in [0, 0.05) is 22.3 Å². The van der Waals surface area contributed by atoms with E-state index >= 15 is 0 Å². The van der Waals surface area contributed by atoms with E-state index in [-0.39, 0.29) is 22.8 Å². The van der Waals surface area contributed by atoms with Crippen molar-refractivity contribution >= 4 is 17.3 Å². The number of hydrogen-bond donors (Lipinski definition) is 1. The van der Waals surface area contributed by atoms with E-state index in [1.54, 1.807) is 25.3 Å². The molecular weight excluding hydrogens is 333 g/mol. The highest BCUT2D eigenvalue weighted by Gasteiger charge is 2.15. The molecule has 5 nitrogen and oxygen atoms in total. The third-order valence-electron chi connectivity index (χ3n) is 3.79. The first-order valence-corrected chi connectivity index (χ1v) is 7.61. The van der Waals surface area contributed by atoms with Gasteiger partial charge in [0.15, 0.2) is 0 Å². The van der Waals surface area contributed by atoms with Gasteiger partial charge in [-0.05, 0) is 37.6 Å². The zero-order valence-electron chi connectivity index (χ0n) is 13.1. The average Bonchev–Trinajstić information content (AvgIpc) is 2.85. The Morgan fingerprint density at radius 2 is 2.08 bits per heavy atom. The lowest BCUT2D eigenvalue weighted by Crippen LogP contribution is -2.23. The summed E-state index contributed by atoms with van der Waals surface area (Å²) in [6.45, 7) is 3.78. The third kappa shape index (κ3) is 2.92. The Morgan fingerprint density at radius 3 is 2.71 bits per heavy atom. The molecule has 0 bridgehead atoms. The highest BCUT2D eigenvalue weighted by molar-refractivity contribution is 6.31. The van der Waals surface area contributed by atoms with Gasteiger partial charge in [0.25, 0.3) is 5.56 Å². The van der Waals surface area contributed by atoms with Gasteiger partial charge in [0.05, 0.1) is 17.9 Å². The number of rotatable bonds is 3. The van der Waals surface area contributed by atoms with Gasteiger partial charge >= 0.3 is 0 Å². The third-order valence-corrected chi connectivity index (χ3v) is 4.14. The van der Waals surface area contributed by atoms with Crippen LogP contribution >= 0.6 is 11.6 Å². The quantitative estimate of drug-likeness (QED) is 0.786. The summed E-state index contributed by atoms with van der Waals surface area (Å²) in [7, 11) is 0. The van der Waals surface area contributed by atoms with Gasteiger partial charge in [-0.3, -0.25) is 4.79 Å². The van der Waals surface area contributed by atoms with E-state index in [1.165, 1.54) is 16.7 Å². The van der Waals surface area contributed by atoms with E-state index < -0.39 is 5.82 Å². The van der Waals surface area contributed by atoms with Gasteiger partial charge in [-0.1, -0.05) is 22.8 Å². The molecule has 1 aromatic carbocycles. The van der Waals surface area contributed by atoms with E-state index in [1.807, 2.05) is 6.92 Å². The van der Waals surface area contributed by atoms with E-state index in [0.29, 0.717) is 17.0 Å². The van der Waals surface area contributed by atoms with Gasteiger partial charge in [0.1, 0.15) is 11.6 Å². The SMILES string of the molecule is Cc1noc(C)c1-c1cc(N)c(=O)n(Cc2ccc(F)cc2Cl)c1. The van der Waals surface area contributed by atoms with Crippen molar-refractivity contribution in [2.75, 3.05) is 5.73 Å². The van der Waals surface area contributed by atoms with Crippen LogP contribution in [0.5, 0.6) is 0 Å². The van der Waals surface area contributed by atoms with Crippen molar-refractivity contribution in [1.29, 1.82) is 0 Å². The summed E-state index contributed by atoms with van der Waals surface area (Å²) in [6, 6.07) is 5.65. The standard InChI is InChI=1S/C17H15ClFN3O2/c1-9-16(10(2)24-21-9)12-5-15(20)17(23)22(8-12)7-11-3-4-13(19)6-14(11)18/h3-6,8H,7,20H2,1-2H3. The number of nitrogen functional groups attached to an aromatic ring is 1. The van der Waals surface area contributed by atoms with Crippen molar-refractivity contribution in [3.8, 4) is 11.1 Å². The minimum absolute atomic E-state index is 0.103. The molecule has 3 aromatic rings. The van der Waals surface area contributed by atoms with Crippen molar-refractivity contribution in [3.63, 3.8) is 0 Å². The molecule has 0 radical (unpaired) electrons. The van der Waals surface area contributed by atoms with E-state index in [0.717, 1.165) is 11.1 Å². The Balaban J connectivity index is 2.10. The second-order valence-electron chi connectivity index (χ2n) is 5.55. The molecular formula is C17H15ClFN3O2. The molecule has 0 spiro atoms. The molecule has 2 heterocycles. The lowest BCUT2D eigenvalue weighted by Gasteiger charge is -2.11. The lowest BCUT2D eigenvalue weighted by atomic mass is 10.1. The number of nitrogens with two attached hydrogens (primary N) is 1. The number of anilines is 1. The summed E-state index contributed by atoms with van der Waals surface area (Å²) in [5.74, 6) is 0.206. The summed E-state index contributed by atoms with van der Waals surface area (Å²) in [5, 5.41) is 4.17. The number of benzene rings is 1. The van der Waals surface area contributed by atoms with Crippen LogP contribution in [0.3, 0.4) is 0 Å². The highest BCUT2D eigenvalue weighted by Crippen LogP contribution is 2.27. The maximum absolute atomic E-state index is 13.2. The predicted octanol–water partition coefficient (Wildman–Crippen LogP) is 3.54. The highest BCUT2D eigenvalue weighted by atomic mass is 35.5. The topological polar surface area (TPSA) is 74.1 Å². The van der Waals surface area contributed by atoms with Crippen molar-refractivity contribution in [2.45, 2.75) is 20.4 Å². The number of nitrogens with zero attached hydrogens (tertiary/aromatic N) is 2. The molecule has 2 N–H and O–H groups in total. The maximum Gasteiger partial charge on any atom is 0.274 e. The summed E-state index contributed by atoms with van der Waals surface area (Å²) >= 11 is 6.05. The normalized spacial score (nSPS) is 11.0. The predicted molar refractivity (Wildman–Crippen MR) is 90.6 cm³/mol. The van der Waals surface area contributed by atoms with Crippen LogP contribution in [0.2, 0.25) is 5.02 Å².